The van der Waals surface area contributed by atoms with Crippen LogP contribution >= 0.6 is 11.8 Å². The van der Waals surface area contributed by atoms with E-state index in [0.717, 1.165) is 11.9 Å². The minimum absolute atomic E-state index is 0.736. The molecule has 1 saturated heterocycles. The van der Waals surface area contributed by atoms with Crippen molar-refractivity contribution in [2.24, 2.45) is 0 Å². The first-order chi connectivity index (χ1) is 3.43. The standard InChI is InChI=1S/C5H9OS/c1-2-5-3-6-4-7-5/h4-5H,2-3H2,1H3. The topological polar surface area (TPSA) is 9.23 Å². The molecule has 0 spiro atoms. The zero-order chi connectivity index (χ0) is 5.11. The van der Waals surface area contributed by atoms with E-state index < -0.39 is 0 Å². The van der Waals surface area contributed by atoms with Crippen LogP contribution in [0, 0.1) is 5.94 Å². The maximum Gasteiger partial charge on any atom is 0.139 e. The lowest BCUT2D eigenvalue weighted by Crippen LogP contribution is -1.98. The predicted molar refractivity (Wildman–Crippen MR) is 31.9 cm³/mol. The van der Waals surface area contributed by atoms with Gasteiger partial charge in [-0.25, -0.2) is 0 Å². The fraction of sp³-hybridized carbons (Fsp3) is 0.800. The van der Waals surface area contributed by atoms with E-state index in [-0.39, 0.29) is 0 Å². The van der Waals surface area contributed by atoms with Crippen molar-refractivity contribution in [3.8, 4) is 0 Å². The normalized spacial score (nSPS) is 31.3. The maximum absolute atomic E-state index is 4.99. The highest BCUT2D eigenvalue weighted by Gasteiger charge is 2.13. The summed E-state index contributed by atoms with van der Waals surface area (Å²) in [4.78, 5) is 0. The molecule has 1 atom stereocenters. The van der Waals surface area contributed by atoms with Gasteiger partial charge in [-0.15, -0.1) is 11.8 Å². The Hall–Kier alpha value is 0.310. The maximum atomic E-state index is 4.99. The van der Waals surface area contributed by atoms with Gasteiger partial charge in [0.25, 0.3) is 0 Å². The molecule has 1 nitrogen and oxygen atoms in total. The second-order valence-electron chi connectivity index (χ2n) is 1.60. The number of hydrogen-bond acceptors (Lipinski definition) is 2. The number of ether oxygens (including phenoxy) is 1. The third-order valence-corrected chi connectivity index (χ3v) is 2.16. The van der Waals surface area contributed by atoms with Crippen LogP contribution in [0.15, 0.2) is 0 Å². The molecule has 7 heavy (non-hydrogen) atoms. The molecule has 2 heteroatoms. The van der Waals surface area contributed by atoms with Gasteiger partial charge in [0.2, 0.25) is 0 Å². The third kappa shape index (κ3) is 1.35. The first-order valence-corrected chi connectivity index (χ1v) is 3.46. The average Bonchev–Trinajstić information content (AvgIpc) is 2.14. The Bertz CT molecular complexity index is 50.0. The van der Waals surface area contributed by atoms with Crippen molar-refractivity contribution in [3.63, 3.8) is 0 Å². The molecule has 1 unspecified atom stereocenters. The highest BCUT2D eigenvalue weighted by atomic mass is 32.2. The van der Waals surface area contributed by atoms with Crippen molar-refractivity contribution in [3.05, 3.63) is 5.94 Å². The Morgan fingerprint density at radius 1 is 2.00 bits per heavy atom. The van der Waals surface area contributed by atoms with Gasteiger partial charge in [-0.3, -0.25) is 0 Å². The first-order valence-electron chi connectivity index (χ1n) is 2.52. The van der Waals surface area contributed by atoms with E-state index >= 15 is 0 Å². The summed E-state index contributed by atoms with van der Waals surface area (Å²) in [5.74, 6) is 1.83. The smallest absolute Gasteiger partial charge is 0.139 e. The van der Waals surface area contributed by atoms with Gasteiger partial charge in [0.05, 0.1) is 6.61 Å². The third-order valence-electron chi connectivity index (χ3n) is 1.05. The Morgan fingerprint density at radius 3 is 3.14 bits per heavy atom. The molecule has 41 valence electrons. The summed E-state index contributed by atoms with van der Waals surface area (Å²) in [5, 5.41) is 0.736. The van der Waals surface area contributed by atoms with E-state index in [1.165, 1.54) is 6.42 Å². The van der Waals surface area contributed by atoms with E-state index in [0.29, 0.717) is 0 Å². The Balaban J connectivity index is 2.14. The van der Waals surface area contributed by atoms with Gasteiger partial charge in [0, 0.05) is 5.25 Å². The number of hydrogen-bond donors (Lipinski definition) is 0. The lowest BCUT2D eigenvalue weighted by atomic mass is 10.3. The van der Waals surface area contributed by atoms with Crippen LogP contribution in [-0.2, 0) is 4.74 Å². The van der Waals surface area contributed by atoms with Crippen LogP contribution in [-0.4, -0.2) is 11.9 Å². The van der Waals surface area contributed by atoms with Crippen LogP contribution in [0.1, 0.15) is 13.3 Å². The lowest BCUT2D eigenvalue weighted by molar-refractivity contribution is 0.248. The molecule has 0 N–H and O–H groups in total. The van der Waals surface area contributed by atoms with Gasteiger partial charge in [-0.1, -0.05) is 6.92 Å². The molecule has 0 amide bonds. The van der Waals surface area contributed by atoms with Crippen molar-refractivity contribution in [1.82, 2.24) is 0 Å². The molecule has 0 saturated carbocycles. The van der Waals surface area contributed by atoms with E-state index in [2.05, 4.69) is 6.92 Å². The Morgan fingerprint density at radius 2 is 2.86 bits per heavy atom. The van der Waals surface area contributed by atoms with Gasteiger partial charge in [0.15, 0.2) is 0 Å². The van der Waals surface area contributed by atoms with Crippen LogP contribution in [0.25, 0.3) is 0 Å². The van der Waals surface area contributed by atoms with Gasteiger partial charge in [-0.2, -0.15) is 0 Å². The van der Waals surface area contributed by atoms with Crippen molar-refractivity contribution < 1.29 is 4.74 Å². The molecule has 0 aliphatic carbocycles. The van der Waals surface area contributed by atoms with Gasteiger partial charge in [0.1, 0.15) is 5.94 Å². The minimum atomic E-state index is 0.736. The molecule has 1 aliphatic rings. The second kappa shape index (κ2) is 2.58. The summed E-state index contributed by atoms with van der Waals surface area (Å²) in [6.07, 6.45) is 1.22. The summed E-state index contributed by atoms with van der Waals surface area (Å²) in [5.41, 5.74) is 0. The monoisotopic (exact) mass is 117 g/mol. The zero-order valence-electron chi connectivity index (χ0n) is 4.39. The van der Waals surface area contributed by atoms with E-state index in [4.69, 9.17) is 4.74 Å². The molecular weight excluding hydrogens is 108 g/mol. The molecule has 1 aliphatic heterocycles. The van der Waals surface area contributed by atoms with Crippen LogP contribution in [0.3, 0.4) is 0 Å². The van der Waals surface area contributed by atoms with Crippen molar-refractivity contribution in [1.29, 1.82) is 0 Å². The van der Waals surface area contributed by atoms with Crippen molar-refractivity contribution in [2.45, 2.75) is 18.6 Å². The predicted octanol–water partition coefficient (Wildman–Crippen LogP) is 1.65. The number of rotatable bonds is 1. The van der Waals surface area contributed by atoms with Gasteiger partial charge < -0.3 is 4.74 Å². The van der Waals surface area contributed by atoms with E-state index in [9.17, 15) is 0 Å². The largest absolute Gasteiger partial charge is 0.363 e. The fourth-order valence-electron chi connectivity index (χ4n) is 0.518. The van der Waals surface area contributed by atoms with Crippen molar-refractivity contribution in [2.75, 3.05) is 6.61 Å². The molecule has 1 radical (unpaired) electrons. The highest BCUT2D eigenvalue weighted by Crippen LogP contribution is 2.24. The molecule has 0 aromatic heterocycles. The molecule has 1 rings (SSSR count). The van der Waals surface area contributed by atoms with Gasteiger partial charge >= 0.3 is 0 Å². The minimum Gasteiger partial charge on any atom is -0.363 e. The first kappa shape index (κ1) is 5.45. The summed E-state index contributed by atoms with van der Waals surface area (Å²) in [6.45, 7) is 3.10. The molecule has 0 bridgehead atoms. The highest BCUT2D eigenvalue weighted by molar-refractivity contribution is 8.01. The van der Waals surface area contributed by atoms with Crippen molar-refractivity contribution >= 4 is 11.8 Å². The van der Waals surface area contributed by atoms with Crippen LogP contribution in [0.5, 0.6) is 0 Å². The Kier molecular flexibility index (Phi) is 2.00. The van der Waals surface area contributed by atoms with E-state index in [1.54, 1.807) is 11.8 Å². The summed E-state index contributed by atoms with van der Waals surface area (Å²) >= 11 is 1.80. The lowest BCUT2D eigenvalue weighted by Gasteiger charge is -1.96. The molecular formula is C5H9OS. The fourth-order valence-corrected chi connectivity index (χ4v) is 1.18. The Labute approximate surface area is 48.4 Å². The second-order valence-corrected chi connectivity index (χ2v) is 2.73. The summed E-state index contributed by atoms with van der Waals surface area (Å²) in [7, 11) is 0. The van der Waals surface area contributed by atoms with E-state index in [1.807, 2.05) is 5.94 Å². The molecule has 1 heterocycles. The molecule has 0 aromatic rings. The molecule has 1 fully saturated rings. The quantitative estimate of drug-likeness (QED) is 0.516. The van der Waals surface area contributed by atoms with Crippen LogP contribution in [0.4, 0.5) is 0 Å². The SMILES string of the molecule is CCC1CO[CH]S1. The van der Waals surface area contributed by atoms with Crippen LogP contribution < -0.4 is 0 Å². The number of thioether (sulfide) groups is 1. The summed E-state index contributed by atoms with van der Waals surface area (Å²) < 4.78 is 4.99. The van der Waals surface area contributed by atoms with Crippen LogP contribution in [0.2, 0.25) is 0 Å². The molecule has 0 aromatic carbocycles. The zero-order valence-corrected chi connectivity index (χ0v) is 5.20. The average molecular weight is 117 g/mol. The summed E-state index contributed by atoms with van der Waals surface area (Å²) in [6, 6.07) is 0. The van der Waals surface area contributed by atoms with Gasteiger partial charge in [-0.05, 0) is 6.42 Å².